The Labute approximate surface area is 117 Å². The molecular weight excluding hydrogens is 256 g/mol. The molecule has 5 saturated carbocycles. The number of aliphatic hydroxyl groups excluding tert-OH is 2. The van der Waals surface area contributed by atoms with Crippen LogP contribution in [0.5, 0.6) is 0 Å². The number of carbonyl (C=O) groups is 1. The number of hydrogen-bond acceptors (Lipinski definition) is 4. The van der Waals surface area contributed by atoms with Gasteiger partial charge in [-0.3, -0.25) is 4.79 Å². The average Bonchev–Trinajstić information content (AvgIpc) is 3.05. The molecule has 108 valence electrons. The molecule has 4 heteroatoms. The fourth-order valence-electron chi connectivity index (χ4n) is 6.89. The molecule has 0 amide bonds. The van der Waals surface area contributed by atoms with Crippen LogP contribution < -0.4 is 0 Å². The molecule has 4 bridgehead atoms. The summed E-state index contributed by atoms with van der Waals surface area (Å²) in [7, 11) is 0. The molecule has 1 aliphatic heterocycles. The SMILES string of the molecule is C=C1[C@@]23[C@H](O)CCC[C@]24C(=O)O[C@H]3C[C@]14C1CC1CO. The van der Waals surface area contributed by atoms with Crippen molar-refractivity contribution in [1.29, 1.82) is 0 Å². The van der Waals surface area contributed by atoms with E-state index in [1.165, 1.54) is 0 Å². The molecule has 0 aromatic carbocycles. The first-order chi connectivity index (χ1) is 9.57. The van der Waals surface area contributed by atoms with Gasteiger partial charge in [-0.25, -0.2) is 0 Å². The van der Waals surface area contributed by atoms with Crippen LogP contribution in [-0.4, -0.2) is 35.0 Å². The fraction of sp³-hybridized carbons (Fsp3) is 0.812. The largest absolute Gasteiger partial charge is 0.461 e. The highest BCUT2D eigenvalue weighted by Gasteiger charge is 2.95. The van der Waals surface area contributed by atoms with Gasteiger partial charge in [-0.2, -0.15) is 0 Å². The van der Waals surface area contributed by atoms with Crippen molar-refractivity contribution >= 4 is 5.97 Å². The molecule has 20 heavy (non-hydrogen) atoms. The maximum Gasteiger partial charge on any atom is 0.314 e. The zero-order valence-corrected chi connectivity index (χ0v) is 11.5. The quantitative estimate of drug-likeness (QED) is 0.584. The van der Waals surface area contributed by atoms with Gasteiger partial charge in [-0.15, -0.1) is 0 Å². The highest BCUT2D eigenvalue weighted by molar-refractivity contribution is 5.90. The van der Waals surface area contributed by atoms with Crippen molar-refractivity contribution in [3.8, 4) is 0 Å². The molecule has 7 atom stereocenters. The summed E-state index contributed by atoms with van der Waals surface area (Å²) in [5.74, 6) is 0.588. The second-order valence-electron chi connectivity index (χ2n) is 7.52. The second-order valence-corrected chi connectivity index (χ2v) is 7.52. The predicted octanol–water partition coefficient (Wildman–Crippen LogP) is 1.02. The molecule has 1 saturated heterocycles. The highest BCUT2D eigenvalue weighted by Crippen LogP contribution is 2.92. The van der Waals surface area contributed by atoms with Crippen molar-refractivity contribution in [2.24, 2.45) is 28.1 Å². The number of esters is 1. The molecule has 2 unspecified atom stereocenters. The lowest BCUT2D eigenvalue weighted by Crippen LogP contribution is -2.70. The van der Waals surface area contributed by atoms with Gasteiger partial charge in [0.2, 0.25) is 0 Å². The van der Waals surface area contributed by atoms with E-state index in [9.17, 15) is 15.0 Å². The molecule has 1 heterocycles. The number of rotatable bonds is 2. The summed E-state index contributed by atoms with van der Waals surface area (Å²) in [6.45, 7) is 4.51. The van der Waals surface area contributed by atoms with E-state index in [1.54, 1.807) is 0 Å². The minimum Gasteiger partial charge on any atom is -0.461 e. The second kappa shape index (κ2) is 3.00. The van der Waals surface area contributed by atoms with E-state index in [4.69, 9.17) is 4.74 Å². The number of hydrogen-bond donors (Lipinski definition) is 2. The summed E-state index contributed by atoms with van der Waals surface area (Å²) in [6.07, 6.45) is 3.63. The maximum absolute atomic E-state index is 12.6. The van der Waals surface area contributed by atoms with Crippen LogP contribution in [-0.2, 0) is 9.53 Å². The topological polar surface area (TPSA) is 66.8 Å². The maximum atomic E-state index is 12.6. The van der Waals surface area contributed by atoms with E-state index in [1.807, 2.05) is 0 Å². The highest BCUT2D eigenvalue weighted by atomic mass is 16.6. The molecule has 2 N–H and O–H groups in total. The van der Waals surface area contributed by atoms with Crippen molar-refractivity contribution in [1.82, 2.24) is 0 Å². The fourth-order valence-corrected chi connectivity index (χ4v) is 6.89. The third kappa shape index (κ3) is 0.749. The average molecular weight is 276 g/mol. The van der Waals surface area contributed by atoms with Gasteiger partial charge in [0.25, 0.3) is 0 Å². The first-order valence-electron chi connectivity index (χ1n) is 7.77. The molecule has 5 aliphatic carbocycles. The van der Waals surface area contributed by atoms with Crippen LogP contribution in [0.1, 0.15) is 32.1 Å². The van der Waals surface area contributed by atoms with Crippen LogP contribution in [0, 0.1) is 28.1 Å². The van der Waals surface area contributed by atoms with Gasteiger partial charge < -0.3 is 14.9 Å². The summed E-state index contributed by atoms with van der Waals surface area (Å²) in [5, 5.41) is 20.1. The van der Waals surface area contributed by atoms with Crippen molar-refractivity contribution in [2.75, 3.05) is 6.61 Å². The van der Waals surface area contributed by atoms with E-state index in [0.29, 0.717) is 11.8 Å². The Morgan fingerprint density at radius 1 is 1.45 bits per heavy atom. The van der Waals surface area contributed by atoms with Crippen LogP contribution in [0.4, 0.5) is 0 Å². The van der Waals surface area contributed by atoms with Crippen LogP contribution in [0.2, 0.25) is 0 Å². The van der Waals surface area contributed by atoms with E-state index in [-0.39, 0.29) is 24.1 Å². The van der Waals surface area contributed by atoms with Gasteiger partial charge in [-0.1, -0.05) is 12.2 Å². The molecule has 6 fully saturated rings. The Bertz CT molecular complexity index is 557. The molecule has 6 rings (SSSR count). The number of ether oxygens (including phenoxy) is 1. The first kappa shape index (κ1) is 11.8. The molecule has 4 nitrogen and oxygen atoms in total. The Morgan fingerprint density at radius 3 is 2.95 bits per heavy atom. The van der Waals surface area contributed by atoms with Gasteiger partial charge in [0.15, 0.2) is 0 Å². The first-order valence-corrected chi connectivity index (χ1v) is 7.77. The van der Waals surface area contributed by atoms with E-state index in [2.05, 4.69) is 6.58 Å². The van der Waals surface area contributed by atoms with E-state index in [0.717, 1.165) is 37.7 Å². The molecule has 0 aromatic heterocycles. The van der Waals surface area contributed by atoms with Gasteiger partial charge >= 0.3 is 5.97 Å². The Kier molecular flexibility index (Phi) is 1.76. The normalized spacial score (nSPS) is 61.9. The van der Waals surface area contributed by atoms with Crippen LogP contribution in [0.15, 0.2) is 12.2 Å². The summed E-state index contributed by atoms with van der Waals surface area (Å²) < 4.78 is 5.63. The number of carbonyl (C=O) groups excluding carboxylic acids is 1. The predicted molar refractivity (Wildman–Crippen MR) is 69.5 cm³/mol. The standard InChI is InChI=1S/C16H20O4/c1-8-14(10-5-9(10)7-17)6-12-16(8)11(18)3-2-4-15(14,16)13(19)20-12/h9-12,17-18H,1-7H2/t9?,10?,11-,12+,14-,15-,16+/m1/s1. The third-order valence-electron chi connectivity index (χ3n) is 7.46. The lowest BCUT2D eigenvalue weighted by atomic mass is 9.34. The van der Waals surface area contributed by atoms with E-state index < -0.39 is 16.9 Å². The van der Waals surface area contributed by atoms with Gasteiger partial charge in [-0.05, 0) is 43.9 Å². The van der Waals surface area contributed by atoms with Crippen molar-refractivity contribution in [3.63, 3.8) is 0 Å². The van der Waals surface area contributed by atoms with Crippen LogP contribution in [0.25, 0.3) is 0 Å². The van der Waals surface area contributed by atoms with Crippen LogP contribution in [0.3, 0.4) is 0 Å². The Balaban J connectivity index is 1.71. The lowest BCUT2D eigenvalue weighted by molar-refractivity contribution is -0.190. The number of aliphatic hydroxyl groups is 2. The minimum absolute atomic E-state index is 0.0940. The minimum atomic E-state index is -0.520. The van der Waals surface area contributed by atoms with Crippen molar-refractivity contribution in [2.45, 2.75) is 44.3 Å². The molecular formula is C16H20O4. The zero-order chi connectivity index (χ0) is 13.9. The van der Waals surface area contributed by atoms with Gasteiger partial charge in [0, 0.05) is 12.0 Å². The van der Waals surface area contributed by atoms with E-state index >= 15 is 0 Å². The van der Waals surface area contributed by atoms with Gasteiger partial charge in [0.1, 0.15) is 6.10 Å². The smallest absolute Gasteiger partial charge is 0.314 e. The Hall–Kier alpha value is -0.870. The summed E-state index contributed by atoms with van der Waals surface area (Å²) >= 11 is 0. The lowest BCUT2D eigenvalue weighted by Gasteiger charge is -2.66. The molecule has 0 radical (unpaired) electrons. The summed E-state index contributed by atoms with van der Waals surface area (Å²) in [5.41, 5.74) is -0.130. The summed E-state index contributed by atoms with van der Waals surface area (Å²) in [6, 6.07) is 0. The van der Waals surface area contributed by atoms with Crippen molar-refractivity contribution < 1.29 is 19.7 Å². The van der Waals surface area contributed by atoms with Crippen LogP contribution >= 0.6 is 0 Å². The molecule has 1 spiro atoms. The Morgan fingerprint density at radius 2 is 2.25 bits per heavy atom. The third-order valence-corrected chi connectivity index (χ3v) is 7.46. The van der Waals surface area contributed by atoms with Gasteiger partial charge in [0.05, 0.1) is 16.9 Å². The van der Waals surface area contributed by atoms with Crippen molar-refractivity contribution in [3.05, 3.63) is 12.2 Å². The zero-order valence-electron chi connectivity index (χ0n) is 11.5. The monoisotopic (exact) mass is 276 g/mol. The summed E-state index contributed by atoms with van der Waals surface area (Å²) in [4.78, 5) is 12.6. The molecule has 0 aromatic rings. The molecule has 6 aliphatic rings.